The second-order valence-electron chi connectivity index (χ2n) is 10.0. The van der Waals surface area contributed by atoms with Crippen molar-refractivity contribution in [3.63, 3.8) is 0 Å². The Kier molecular flexibility index (Phi) is 7.60. The zero-order valence-corrected chi connectivity index (χ0v) is 21.7. The largest absolute Gasteiger partial charge is 0.493 e. The molecule has 2 aliphatic heterocycles. The molecule has 35 heavy (non-hydrogen) atoms. The summed E-state index contributed by atoms with van der Waals surface area (Å²) in [6.45, 7) is 9.46. The van der Waals surface area contributed by atoms with E-state index in [-0.39, 0.29) is 35.4 Å². The van der Waals surface area contributed by atoms with Gasteiger partial charge in [0.15, 0.2) is 11.5 Å². The number of esters is 1. The highest BCUT2D eigenvalue weighted by Crippen LogP contribution is 2.59. The van der Waals surface area contributed by atoms with Gasteiger partial charge < -0.3 is 28.4 Å². The van der Waals surface area contributed by atoms with Crippen LogP contribution in [0.5, 0.6) is 11.5 Å². The maximum atomic E-state index is 12.8. The summed E-state index contributed by atoms with van der Waals surface area (Å²) in [5.74, 6) is 0.884. The molecule has 0 aromatic heterocycles. The average molecular weight is 487 g/mol. The fourth-order valence-corrected chi connectivity index (χ4v) is 5.49. The highest BCUT2D eigenvalue weighted by Gasteiger charge is 2.72. The second kappa shape index (κ2) is 10.3. The van der Waals surface area contributed by atoms with Crippen LogP contribution in [0, 0.1) is 5.92 Å². The van der Waals surface area contributed by atoms with Gasteiger partial charge in [0.05, 0.1) is 32.3 Å². The van der Waals surface area contributed by atoms with Crippen molar-refractivity contribution in [1.29, 1.82) is 0 Å². The van der Waals surface area contributed by atoms with Gasteiger partial charge in [0.25, 0.3) is 0 Å². The molecule has 3 aliphatic rings. The van der Waals surface area contributed by atoms with E-state index >= 15 is 0 Å². The van der Waals surface area contributed by atoms with Crippen molar-refractivity contribution in [1.82, 2.24) is 0 Å². The third-order valence-electron chi connectivity index (χ3n) is 7.40. The van der Waals surface area contributed by atoms with Crippen LogP contribution in [-0.4, -0.2) is 62.9 Å². The smallest absolute Gasteiger partial charge is 0.331 e. The monoisotopic (exact) mass is 486 g/mol. The first kappa shape index (κ1) is 25.7. The van der Waals surface area contributed by atoms with E-state index in [2.05, 4.69) is 26.8 Å². The number of rotatable bonds is 10. The highest BCUT2D eigenvalue weighted by molar-refractivity contribution is 5.87. The average Bonchev–Trinajstić information content (AvgIpc) is 3.75. The molecule has 7 heteroatoms. The van der Waals surface area contributed by atoms with Gasteiger partial charge in [0, 0.05) is 13.2 Å². The predicted molar refractivity (Wildman–Crippen MR) is 133 cm³/mol. The third kappa shape index (κ3) is 5.42. The number of hydrogen-bond acceptors (Lipinski definition) is 7. The van der Waals surface area contributed by atoms with Crippen molar-refractivity contribution in [3.05, 3.63) is 41.5 Å². The molecule has 4 rings (SSSR count). The molecular formula is C28H38O7. The number of carbonyl (C=O) groups is 1. The van der Waals surface area contributed by atoms with Crippen molar-refractivity contribution in [2.75, 3.05) is 27.4 Å². The Bertz CT molecular complexity index is 976. The van der Waals surface area contributed by atoms with Crippen molar-refractivity contribution in [2.45, 2.75) is 76.5 Å². The molecule has 0 radical (unpaired) electrons. The van der Waals surface area contributed by atoms with Crippen LogP contribution in [0.3, 0.4) is 0 Å². The van der Waals surface area contributed by atoms with E-state index in [1.54, 1.807) is 20.3 Å². The van der Waals surface area contributed by atoms with E-state index in [1.807, 2.05) is 25.1 Å². The van der Waals surface area contributed by atoms with Gasteiger partial charge >= 0.3 is 5.97 Å². The zero-order valence-electron chi connectivity index (χ0n) is 21.7. The number of allylic oxidation sites excluding steroid dienone is 1. The minimum absolute atomic E-state index is 0.00132. The Labute approximate surface area is 208 Å². The molecule has 1 aromatic rings. The summed E-state index contributed by atoms with van der Waals surface area (Å²) in [4.78, 5) is 12.8. The molecule has 1 aromatic carbocycles. The van der Waals surface area contributed by atoms with Gasteiger partial charge in [-0.05, 0) is 70.7 Å². The van der Waals surface area contributed by atoms with Crippen molar-refractivity contribution < 1.29 is 33.2 Å². The summed E-state index contributed by atoms with van der Waals surface area (Å²) in [6, 6.07) is 5.53. The van der Waals surface area contributed by atoms with Crippen molar-refractivity contribution >= 4 is 12.0 Å². The van der Waals surface area contributed by atoms with E-state index in [4.69, 9.17) is 28.4 Å². The Morgan fingerprint density at radius 1 is 1.23 bits per heavy atom. The number of ether oxygens (including phenoxy) is 6. The molecule has 6 atom stereocenters. The standard InChI is InChI=1S/C28H38O7/c1-7-32-22-16-19(9-11-20(22)30-5)10-13-24(29)34-21-14-15-28(17-33-28)26(25(21)31-6)27(4)23(35-27)12-8-18(2)3/h8-11,13,16,21,23,25-26H,7,12,14-15,17H2,1-6H3/b13-10+/t21-,23?,25-,26-,27?,28+/m1/s1. The van der Waals surface area contributed by atoms with E-state index in [9.17, 15) is 4.79 Å². The number of benzene rings is 1. The number of epoxide rings is 2. The number of carbonyl (C=O) groups excluding carboxylic acids is 1. The molecule has 3 fully saturated rings. The topological polar surface area (TPSA) is 79.1 Å². The van der Waals surface area contributed by atoms with Crippen molar-refractivity contribution in [3.8, 4) is 11.5 Å². The summed E-state index contributed by atoms with van der Waals surface area (Å²) in [5.41, 5.74) is 1.49. The molecule has 0 N–H and O–H groups in total. The maximum Gasteiger partial charge on any atom is 0.331 e. The lowest BCUT2D eigenvalue weighted by Crippen LogP contribution is -2.55. The van der Waals surface area contributed by atoms with Gasteiger partial charge in [-0.2, -0.15) is 0 Å². The van der Waals surface area contributed by atoms with Gasteiger partial charge in [0.2, 0.25) is 0 Å². The molecule has 0 amide bonds. The fraction of sp³-hybridized carbons (Fsp3) is 0.607. The van der Waals surface area contributed by atoms with Crippen LogP contribution in [0.4, 0.5) is 0 Å². The van der Waals surface area contributed by atoms with Crippen LogP contribution in [-0.2, 0) is 23.7 Å². The molecule has 2 saturated heterocycles. The first-order chi connectivity index (χ1) is 16.8. The second-order valence-corrected chi connectivity index (χ2v) is 10.0. The lowest BCUT2D eigenvalue weighted by Gasteiger charge is -2.42. The molecular weight excluding hydrogens is 448 g/mol. The van der Waals surface area contributed by atoms with Crippen LogP contribution < -0.4 is 9.47 Å². The molecule has 0 bridgehead atoms. The minimum atomic E-state index is -0.403. The summed E-state index contributed by atoms with van der Waals surface area (Å²) < 4.78 is 35.0. The summed E-state index contributed by atoms with van der Waals surface area (Å²) in [7, 11) is 3.28. The van der Waals surface area contributed by atoms with E-state index in [1.165, 1.54) is 11.6 Å². The SMILES string of the molecule is CCOc1cc(/C=C/C(=O)O[C@@H]2CC[C@]3(CO3)[C@@H](C3(C)OC3CC=C(C)C)[C@@H]2OC)ccc1OC. The fourth-order valence-electron chi connectivity index (χ4n) is 5.49. The lowest BCUT2D eigenvalue weighted by atomic mass is 9.68. The van der Waals surface area contributed by atoms with E-state index in [0.29, 0.717) is 31.1 Å². The first-order valence-corrected chi connectivity index (χ1v) is 12.4. The Morgan fingerprint density at radius 2 is 2.00 bits per heavy atom. The van der Waals surface area contributed by atoms with Gasteiger partial charge in [-0.1, -0.05) is 17.7 Å². The van der Waals surface area contributed by atoms with Crippen LogP contribution in [0.2, 0.25) is 0 Å². The minimum Gasteiger partial charge on any atom is -0.493 e. The van der Waals surface area contributed by atoms with Gasteiger partial charge in [-0.3, -0.25) is 0 Å². The Morgan fingerprint density at radius 3 is 2.63 bits per heavy atom. The summed E-state index contributed by atoms with van der Waals surface area (Å²) in [6.07, 6.45) is 7.21. The molecule has 7 nitrogen and oxygen atoms in total. The van der Waals surface area contributed by atoms with E-state index < -0.39 is 5.97 Å². The molecule has 1 spiro atoms. The van der Waals surface area contributed by atoms with E-state index in [0.717, 1.165) is 18.4 Å². The summed E-state index contributed by atoms with van der Waals surface area (Å²) in [5, 5.41) is 0. The Balaban J connectivity index is 1.44. The van der Waals surface area contributed by atoms with Gasteiger partial charge in [-0.15, -0.1) is 0 Å². The Hall–Kier alpha value is -2.35. The third-order valence-corrected chi connectivity index (χ3v) is 7.40. The molecule has 1 saturated carbocycles. The number of hydrogen-bond donors (Lipinski definition) is 0. The maximum absolute atomic E-state index is 12.8. The zero-order chi connectivity index (χ0) is 25.2. The van der Waals surface area contributed by atoms with Crippen LogP contribution in [0.1, 0.15) is 52.5 Å². The van der Waals surface area contributed by atoms with Gasteiger partial charge in [-0.25, -0.2) is 4.79 Å². The van der Waals surface area contributed by atoms with Crippen LogP contribution >= 0.6 is 0 Å². The normalized spacial score (nSPS) is 33.4. The quantitative estimate of drug-likeness (QED) is 0.205. The van der Waals surface area contributed by atoms with Crippen LogP contribution in [0.25, 0.3) is 6.08 Å². The van der Waals surface area contributed by atoms with Gasteiger partial charge in [0.1, 0.15) is 23.4 Å². The molecule has 2 unspecified atom stereocenters. The molecule has 192 valence electrons. The first-order valence-electron chi connectivity index (χ1n) is 12.4. The summed E-state index contributed by atoms with van der Waals surface area (Å²) >= 11 is 0. The van der Waals surface area contributed by atoms with Crippen LogP contribution in [0.15, 0.2) is 35.9 Å². The highest BCUT2D eigenvalue weighted by atomic mass is 16.6. The predicted octanol–water partition coefficient (Wildman–Crippen LogP) is 4.73. The molecule has 2 heterocycles. The molecule has 1 aliphatic carbocycles. The van der Waals surface area contributed by atoms with Crippen molar-refractivity contribution in [2.24, 2.45) is 5.92 Å². The lowest BCUT2D eigenvalue weighted by molar-refractivity contribution is -0.166. The number of methoxy groups -OCH3 is 2.